The third kappa shape index (κ3) is 4.21. The van der Waals surface area contributed by atoms with Crippen molar-refractivity contribution in [2.75, 3.05) is 0 Å². The van der Waals surface area contributed by atoms with E-state index >= 15 is 0 Å². The number of ether oxygens (including phenoxy) is 1. The predicted octanol–water partition coefficient (Wildman–Crippen LogP) is 2.63. The van der Waals surface area contributed by atoms with Crippen LogP contribution in [0, 0.1) is 5.92 Å². The summed E-state index contributed by atoms with van der Waals surface area (Å²) in [6, 6.07) is 4.91. The van der Waals surface area contributed by atoms with Crippen LogP contribution in [-0.2, 0) is 4.79 Å². The Kier molecular flexibility index (Phi) is 5.23. The number of pyridine rings is 1. The molecule has 0 unspecified atom stereocenters. The lowest BCUT2D eigenvalue weighted by molar-refractivity contribution is -0.146. The van der Waals surface area contributed by atoms with Crippen LogP contribution in [0.15, 0.2) is 18.2 Å². The largest absolute Gasteiger partial charge is 0.480 e. The van der Waals surface area contributed by atoms with Crippen LogP contribution in [0.5, 0.6) is 5.88 Å². The minimum absolute atomic E-state index is 0.0500. The van der Waals surface area contributed by atoms with Gasteiger partial charge < -0.3 is 15.2 Å². The van der Waals surface area contributed by atoms with Crippen molar-refractivity contribution in [3.05, 3.63) is 23.9 Å². The van der Waals surface area contributed by atoms with Crippen LogP contribution >= 0.6 is 0 Å². The molecule has 0 bridgehead atoms. The summed E-state index contributed by atoms with van der Waals surface area (Å²) in [6.07, 6.45) is 2.41. The molecule has 0 aliphatic heterocycles. The molecule has 6 heteroatoms. The molecule has 126 valence electrons. The topological polar surface area (TPSA) is 88.5 Å². The Morgan fingerprint density at radius 3 is 2.57 bits per heavy atom. The van der Waals surface area contributed by atoms with E-state index in [0.29, 0.717) is 24.6 Å². The third-order valence-electron chi connectivity index (χ3n) is 4.20. The van der Waals surface area contributed by atoms with Crippen molar-refractivity contribution < 1.29 is 19.4 Å². The van der Waals surface area contributed by atoms with Crippen LogP contribution < -0.4 is 10.1 Å². The monoisotopic (exact) mass is 320 g/mol. The lowest BCUT2D eigenvalue weighted by Gasteiger charge is -2.36. The number of hydrogen-bond acceptors (Lipinski definition) is 4. The van der Waals surface area contributed by atoms with Gasteiger partial charge in [-0.3, -0.25) is 4.79 Å². The van der Waals surface area contributed by atoms with E-state index in [1.807, 2.05) is 13.8 Å². The smallest absolute Gasteiger partial charge is 0.329 e. The van der Waals surface area contributed by atoms with Gasteiger partial charge in [-0.15, -0.1) is 0 Å². The molecule has 0 aromatic carbocycles. The Morgan fingerprint density at radius 1 is 1.35 bits per heavy atom. The lowest BCUT2D eigenvalue weighted by atomic mass is 9.77. The number of aromatic nitrogens is 1. The number of nitrogens with zero attached hydrogens (tertiary/aromatic N) is 1. The molecule has 0 spiro atoms. The van der Waals surface area contributed by atoms with Crippen LogP contribution in [0.3, 0.4) is 0 Å². The van der Waals surface area contributed by atoms with Crippen LogP contribution in [-0.4, -0.2) is 33.6 Å². The highest BCUT2D eigenvalue weighted by molar-refractivity contribution is 5.96. The summed E-state index contributed by atoms with van der Waals surface area (Å²) in [5.74, 6) is -0.613. The van der Waals surface area contributed by atoms with Gasteiger partial charge in [0, 0.05) is 6.07 Å². The average Bonchev–Trinajstić information content (AvgIpc) is 2.49. The number of carbonyl (C=O) groups excluding carboxylic acids is 1. The minimum atomic E-state index is -1.19. The molecule has 0 atom stereocenters. The number of carbonyl (C=O) groups is 2. The molecule has 0 radical (unpaired) electrons. The summed E-state index contributed by atoms with van der Waals surface area (Å²) in [5, 5.41) is 12.3. The van der Waals surface area contributed by atoms with E-state index < -0.39 is 17.4 Å². The quantitative estimate of drug-likeness (QED) is 0.870. The fourth-order valence-electron chi connectivity index (χ4n) is 2.78. The number of hydrogen-bond donors (Lipinski definition) is 2. The fraction of sp³-hybridized carbons (Fsp3) is 0.588. The lowest BCUT2D eigenvalue weighted by Crippen LogP contribution is -2.56. The van der Waals surface area contributed by atoms with Gasteiger partial charge in [0.1, 0.15) is 11.2 Å². The molecule has 1 heterocycles. The number of amides is 1. The Morgan fingerprint density at radius 2 is 2.00 bits per heavy atom. The second-order valence-electron chi connectivity index (χ2n) is 6.55. The van der Waals surface area contributed by atoms with Gasteiger partial charge in [0.2, 0.25) is 5.88 Å². The minimum Gasteiger partial charge on any atom is -0.480 e. The fourth-order valence-corrected chi connectivity index (χ4v) is 2.78. The molecule has 1 amide bonds. The highest BCUT2D eigenvalue weighted by atomic mass is 16.5. The third-order valence-corrected chi connectivity index (χ3v) is 4.20. The molecule has 6 nitrogen and oxygen atoms in total. The highest BCUT2D eigenvalue weighted by Crippen LogP contribution is 2.32. The maximum Gasteiger partial charge on any atom is 0.329 e. The molecule has 2 rings (SSSR count). The first kappa shape index (κ1) is 17.2. The number of aliphatic carboxylic acids is 1. The maximum atomic E-state index is 12.4. The zero-order valence-corrected chi connectivity index (χ0v) is 13.8. The summed E-state index contributed by atoms with van der Waals surface area (Å²) in [6.45, 7) is 5.84. The van der Waals surface area contributed by atoms with Crippen LogP contribution in [0.1, 0.15) is 56.9 Å². The molecular weight excluding hydrogens is 296 g/mol. The zero-order valence-electron chi connectivity index (χ0n) is 13.8. The summed E-state index contributed by atoms with van der Waals surface area (Å²) < 4.78 is 5.47. The van der Waals surface area contributed by atoms with Crippen molar-refractivity contribution in [2.45, 2.75) is 58.1 Å². The van der Waals surface area contributed by atoms with Gasteiger partial charge in [0.05, 0.1) is 6.10 Å². The Bertz CT molecular complexity index is 578. The second kappa shape index (κ2) is 6.98. The van der Waals surface area contributed by atoms with Crippen molar-refractivity contribution in [3.8, 4) is 5.88 Å². The molecule has 1 aromatic rings. The van der Waals surface area contributed by atoms with E-state index in [1.54, 1.807) is 18.2 Å². The molecule has 1 aliphatic rings. The van der Waals surface area contributed by atoms with Gasteiger partial charge in [0.15, 0.2) is 0 Å². The predicted molar refractivity (Wildman–Crippen MR) is 85.5 cm³/mol. The molecule has 23 heavy (non-hydrogen) atoms. The summed E-state index contributed by atoms with van der Waals surface area (Å²) in [5.41, 5.74) is -1.03. The standard InChI is InChI=1S/C17H24N2O4/c1-11(2)23-14-6-4-5-13(18-14)15(20)19-17(16(21)22)9-7-12(3)8-10-17/h4-6,11-12H,7-10H2,1-3H3,(H,19,20)(H,21,22). The van der Waals surface area contributed by atoms with E-state index in [4.69, 9.17) is 4.74 Å². The van der Waals surface area contributed by atoms with Crippen molar-refractivity contribution in [1.82, 2.24) is 10.3 Å². The Balaban J connectivity index is 2.15. The van der Waals surface area contributed by atoms with Crippen molar-refractivity contribution in [1.29, 1.82) is 0 Å². The SMILES string of the molecule is CC1CCC(NC(=O)c2cccc(OC(C)C)n2)(C(=O)O)CC1. The molecule has 1 aliphatic carbocycles. The van der Waals surface area contributed by atoms with Crippen LogP contribution in [0.2, 0.25) is 0 Å². The summed E-state index contributed by atoms with van der Waals surface area (Å²) in [4.78, 5) is 28.3. The first-order chi connectivity index (χ1) is 10.8. The molecule has 1 saturated carbocycles. The zero-order chi connectivity index (χ0) is 17.0. The van der Waals surface area contributed by atoms with Crippen molar-refractivity contribution >= 4 is 11.9 Å². The van der Waals surface area contributed by atoms with Gasteiger partial charge in [-0.1, -0.05) is 13.0 Å². The Labute approximate surface area is 136 Å². The van der Waals surface area contributed by atoms with E-state index in [0.717, 1.165) is 12.8 Å². The van der Waals surface area contributed by atoms with E-state index in [1.165, 1.54) is 0 Å². The maximum absolute atomic E-state index is 12.4. The number of carboxylic acid groups (broad SMARTS) is 1. The van der Waals surface area contributed by atoms with Gasteiger partial charge in [-0.25, -0.2) is 9.78 Å². The van der Waals surface area contributed by atoms with E-state index in [2.05, 4.69) is 17.2 Å². The first-order valence-corrected chi connectivity index (χ1v) is 8.02. The van der Waals surface area contributed by atoms with Crippen LogP contribution in [0.25, 0.3) is 0 Å². The van der Waals surface area contributed by atoms with Crippen LogP contribution in [0.4, 0.5) is 0 Å². The molecule has 1 fully saturated rings. The number of rotatable bonds is 5. The Hall–Kier alpha value is -2.11. The average molecular weight is 320 g/mol. The van der Waals surface area contributed by atoms with Gasteiger partial charge in [-0.05, 0) is 51.5 Å². The second-order valence-corrected chi connectivity index (χ2v) is 6.55. The summed E-state index contributed by atoms with van der Waals surface area (Å²) in [7, 11) is 0. The summed E-state index contributed by atoms with van der Waals surface area (Å²) >= 11 is 0. The van der Waals surface area contributed by atoms with Gasteiger partial charge >= 0.3 is 5.97 Å². The highest BCUT2D eigenvalue weighted by Gasteiger charge is 2.42. The number of nitrogens with one attached hydrogen (secondary N) is 1. The van der Waals surface area contributed by atoms with E-state index in [9.17, 15) is 14.7 Å². The molecule has 2 N–H and O–H groups in total. The normalized spacial score (nSPS) is 24.3. The number of carboxylic acids is 1. The van der Waals surface area contributed by atoms with Crippen molar-refractivity contribution in [3.63, 3.8) is 0 Å². The molecule has 1 aromatic heterocycles. The molecule has 0 saturated heterocycles. The van der Waals surface area contributed by atoms with E-state index in [-0.39, 0.29) is 11.8 Å². The first-order valence-electron chi connectivity index (χ1n) is 8.02. The molecular formula is C17H24N2O4. The van der Waals surface area contributed by atoms with Gasteiger partial charge in [0.25, 0.3) is 5.91 Å². The van der Waals surface area contributed by atoms with Crippen molar-refractivity contribution in [2.24, 2.45) is 5.92 Å². The van der Waals surface area contributed by atoms with Gasteiger partial charge in [-0.2, -0.15) is 0 Å².